The van der Waals surface area contributed by atoms with E-state index in [9.17, 15) is 9.90 Å². The lowest BCUT2D eigenvalue weighted by Crippen LogP contribution is -1.97. The van der Waals surface area contributed by atoms with Gasteiger partial charge in [-0.05, 0) is 18.4 Å². The number of hydrogen-bond donors (Lipinski definition) is 1. The summed E-state index contributed by atoms with van der Waals surface area (Å²) in [6.07, 6.45) is 4.71. The van der Waals surface area contributed by atoms with Gasteiger partial charge in [-0.2, -0.15) is 0 Å². The fraction of sp³-hybridized carbons (Fsp3) is 0.462. The number of carbonyl (C=O) groups excluding carboxylic acids is 1. The lowest BCUT2D eigenvalue weighted by Gasteiger charge is -2.09. The first kappa shape index (κ1) is 12.6. The Morgan fingerprint density at radius 1 is 1.19 bits per heavy atom. The molecule has 0 fully saturated rings. The molecule has 0 saturated heterocycles. The van der Waals surface area contributed by atoms with Gasteiger partial charge in [0.15, 0.2) is 0 Å². The molecule has 3 nitrogen and oxygen atoms in total. The minimum Gasteiger partial charge on any atom is -0.388 e. The zero-order chi connectivity index (χ0) is 11.6. The van der Waals surface area contributed by atoms with Crippen molar-refractivity contribution in [2.75, 3.05) is 6.54 Å². The zero-order valence-corrected chi connectivity index (χ0v) is 9.30. The van der Waals surface area contributed by atoms with Gasteiger partial charge in [0.2, 0.25) is 6.08 Å². The summed E-state index contributed by atoms with van der Waals surface area (Å²) < 4.78 is 0. The first-order valence-corrected chi connectivity index (χ1v) is 5.61. The number of isocyanates is 1. The molecule has 1 rings (SSSR count). The second-order valence-electron chi connectivity index (χ2n) is 3.75. The van der Waals surface area contributed by atoms with E-state index in [1.54, 1.807) is 0 Å². The molecular formula is C13H17NO2. The largest absolute Gasteiger partial charge is 0.388 e. The van der Waals surface area contributed by atoms with Crippen molar-refractivity contribution in [2.45, 2.75) is 31.8 Å². The van der Waals surface area contributed by atoms with Crippen LogP contribution in [0.5, 0.6) is 0 Å². The highest BCUT2D eigenvalue weighted by molar-refractivity contribution is 5.32. The van der Waals surface area contributed by atoms with E-state index in [1.165, 1.54) is 6.08 Å². The summed E-state index contributed by atoms with van der Waals surface area (Å²) in [5, 5.41) is 9.84. The molecule has 1 aromatic carbocycles. The summed E-state index contributed by atoms with van der Waals surface area (Å²) >= 11 is 0. The van der Waals surface area contributed by atoms with Crippen LogP contribution in [0.15, 0.2) is 35.3 Å². The van der Waals surface area contributed by atoms with Gasteiger partial charge >= 0.3 is 0 Å². The number of aliphatic imine (C=N–C) groups is 1. The van der Waals surface area contributed by atoms with Gasteiger partial charge in [0.25, 0.3) is 0 Å². The van der Waals surface area contributed by atoms with Crippen LogP contribution in [0, 0.1) is 0 Å². The molecule has 1 atom stereocenters. The van der Waals surface area contributed by atoms with E-state index < -0.39 is 0 Å². The molecule has 0 aliphatic rings. The fourth-order valence-electron chi connectivity index (χ4n) is 1.59. The Balaban J connectivity index is 2.16. The van der Waals surface area contributed by atoms with Crippen molar-refractivity contribution in [3.63, 3.8) is 0 Å². The Bertz CT molecular complexity index is 331. The number of unbranched alkanes of at least 4 members (excludes halogenated alkanes) is 2. The fourth-order valence-corrected chi connectivity index (χ4v) is 1.59. The SMILES string of the molecule is O=C=NCCCCCC(O)c1ccccc1. The van der Waals surface area contributed by atoms with Gasteiger partial charge in [0, 0.05) is 0 Å². The monoisotopic (exact) mass is 219 g/mol. The van der Waals surface area contributed by atoms with Crippen molar-refractivity contribution < 1.29 is 9.90 Å². The van der Waals surface area contributed by atoms with Crippen LogP contribution in [0.1, 0.15) is 37.4 Å². The maximum atomic E-state index is 9.84. The molecule has 0 heterocycles. The minimum absolute atomic E-state index is 0.379. The normalized spacial score (nSPS) is 11.8. The maximum absolute atomic E-state index is 9.84. The smallest absolute Gasteiger partial charge is 0.234 e. The molecule has 0 spiro atoms. The van der Waals surface area contributed by atoms with E-state index in [0.717, 1.165) is 31.2 Å². The minimum atomic E-state index is -0.379. The van der Waals surface area contributed by atoms with Crippen molar-refractivity contribution in [3.8, 4) is 0 Å². The number of aliphatic hydroxyl groups is 1. The summed E-state index contributed by atoms with van der Waals surface area (Å²) in [6, 6.07) is 9.66. The Hall–Kier alpha value is -1.44. The maximum Gasteiger partial charge on any atom is 0.234 e. The molecule has 86 valence electrons. The third-order valence-corrected chi connectivity index (χ3v) is 2.50. The summed E-state index contributed by atoms with van der Waals surface area (Å²) in [5.41, 5.74) is 0.966. The Morgan fingerprint density at radius 2 is 1.94 bits per heavy atom. The molecule has 1 unspecified atom stereocenters. The lowest BCUT2D eigenvalue weighted by molar-refractivity contribution is 0.163. The van der Waals surface area contributed by atoms with E-state index in [1.807, 2.05) is 30.3 Å². The summed E-state index contributed by atoms with van der Waals surface area (Å²) in [5.74, 6) is 0. The predicted octanol–water partition coefficient (Wildman–Crippen LogP) is 2.62. The third kappa shape index (κ3) is 4.87. The van der Waals surface area contributed by atoms with E-state index in [2.05, 4.69) is 4.99 Å². The Kier molecular flexibility index (Phi) is 6.16. The van der Waals surface area contributed by atoms with Gasteiger partial charge in [-0.25, -0.2) is 9.79 Å². The van der Waals surface area contributed by atoms with Crippen molar-refractivity contribution in [2.24, 2.45) is 4.99 Å². The number of nitrogens with zero attached hydrogens (tertiary/aromatic N) is 1. The van der Waals surface area contributed by atoms with Crippen molar-refractivity contribution in [1.82, 2.24) is 0 Å². The van der Waals surface area contributed by atoms with Crippen LogP contribution in [0.3, 0.4) is 0 Å². The van der Waals surface area contributed by atoms with Crippen LogP contribution in [-0.2, 0) is 4.79 Å². The van der Waals surface area contributed by atoms with Crippen molar-refractivity contribution in [1.29, 1.82) is 0 Å². The van der Waals surface area contributed by atoms with Gasteiger partial charge in [-0.1, -0.05) is 43.2 Å². The molecule has 0 aromatic heterocycles. The van der Waals surface area contributed by atoms with Crippen molar-refractivity contribution in [3.05, 3.63) is 35.9 Å². The molecule has 0 bridgehead atoms. The average molecular weight is 219 g/mol. The molecule has 0 aliphatic heterocycles. The lowest BCUT2D eigenvalue weighted by atomic mass is 10.0. The molecule has 1 aromatic rings. The van der Waals surface area contributed by atoms with Crippen LogP contribution in [0.4, 0.5) is 0 Å². The quantitative estimate of drug-likeness (QED) is 0.435. The molecular weight excluding hydrogens is 202 g/mol. The van der Waals surface area contributed by atoms with Crippen LogP contribution >= 0.6 is 0 Å². The third-order valence-electron chi connectivity index (χ3n) is 2.50. The molecule has 0 amide bonds. The Labute approximate surface area is 95.8 Å². The van der Waals surface area contributed by atoms with Crippen LogP contribution < -0.4 is 0 Å². The number of aliphatic hydroxyl groups excluding tert-OH is 1. The predicted molar refractivity (Wildman–Crippen MR) is 62.9 cm³/mol. The summed E-state index contributed by atoms with van der Waals surface area (Å²) in [7, 11) is 0. The second-order valence-corrected chi connectivity index (χ2v) is 3.75. The second kappa shape index (κ2) is 7.80. The van der Waals surface area contributed by atoms with E-state index in [-0.39, 0.29) is 6.10 Å². The van der Waals surface area contributed by atoms with Crippen molar-refractivity contribution >= 4 is 6.08 Å². The van der Waals surface area contributed by atoms with Gasteiger partial charge in [-0.15, -0.1) is 0 Å². The molecule has 0 radical (unpaired) electrons. The molecule has 3 heteroatoms. The van der Waals surface area contributed by atoms with Gasteiger partial charge < -0.3 is 5.11 Å². The van der Waals surface area contributed by atoms with E-state index >= 15 is 0 Å². The molecule has 16 heavy (non-hydrogen) atoms. The zero-order valence-electron chi connectivity index (χ0n) is 9.30. The summed E-state index contributed by atoms with van der Waals surface area (Å²) in [6.45, 7) is 0.547. The van der Waals surface area contributed by atoms with Gasteiger partial charge in [-0.3, -0.25) is 0 Å². The highest BCUT2D eigenvalue weighted by Crippen LogP contribution is 2.18. The standard InChI is InChI=1S/C13H17NO2/c15-11-14-10-6-2-5-9-13(16)12-7-3-1-4-8-12/h1,3-4,7-8,13,16H,2,5-6,9-10H2. The number of benzene rings is 1. The highest BCUT2D eigenvalue weighted by atomic mass is 16.3. The van der Waals surface area contributed by atoms with E-state index in [0.29, 0.717) is 6.54 Å². The van der Waals surface area contributed by atoms with Crippen LogP contribution in [0.2, 0.25) is 0 Å². The van der Waals surface area contributed by atoms with Gasteiger partial charge in [0.05, 0.1) is 12.6 Å². The molecule has 1 N–H and O–H groups in total. The summed E-state index contributed by atoms with van der Waals surface area (Å²) in [4.78, 5) is 13.3. The van der Waals surface area contributed by atoms with Crippen LogP contribution in [-0.4, -0.2) is 17.7 Å². The topological polar surface area (TPSA) is 49.7 Å². The van der Waals surface area contributed by atoms with Gasteiger partial charge in [0.1, 0.15) is 0 Å². The first-order valence-electron chi connectivity index (χ1n) is 5.61. The van der Waals surface area contributed by atoms with E-state index in [4.69, 9.17) is 0 Å². The van der Waals surface area contributed by atoms with Crippen LogP contribution in [0.25, 0.3) is 0 Å². The highest BCUT2D eigenvalue weighted by Gasteiger charge is 2.05. The first-order chi connectivity index (χ1) is 7.84. The molecule has 0 saturated carbocycles. The molecule has 0 aliphatic carbocycles. The number of hydrogen-bond acceptors (Lipinski definition) is 3. The average Bonchev–Trinajstić information content (AvgIpc) is 2.34. The number of rotatable bonds is 7. The Morgan fingerprint density at radius 3 is 2.62 bits per heavy atom.